The molecule has 1 rings (SSSR count). The van der Waals surface area contributed by atoms with Crippen molar-refractivity contribution in [3.63, 3.8) is 0 Å². The smallest absolute Gasteiger partial charge is 0.236 e. The first kappa shape index (κ1) is 16.4. The summed E-state index contributed by atoms with van der Waals surface area (Å²) in [6.45, 7) is 5.66. The zero-order chi connectivity index (χ0) is 14.3. The third-order valence-electron chi connectivity index (χ3n) is 4.19. The maximum atomic E-state index is 12.3. The maximum Gasteiger partial charge on any atom is 0.236 e. The van der Waals surface area contributed by atoms with Gasteiger partial charge in [-0.15, -0.1) is 0 Å². The molecule has 0 saturated heterocycles. The fourth-order valence-corrected chi connectivity index (χ4v) is 2.75. The fraction of sp³-hybridized carbons (Fsp3) is 0.933. The first-order valence-corrected chi connectivity index (χ1v) is 7.66. The zero-order valence-corrected chi connectivity index (χ0v) is 12.8. The average Bonchev–Trinajstić information content (AvgIpc) is 2.43. The highest BCUT2D eigenvalue weighted by Gasteiger charge is 2.23. The van der Waals surface area contributed by atoms with Crippen LogP contribution in [0.2, 0.25) is 0 Å². The van der Waals surface area contributed by atoms with Gasteiger partial charge in [-0.1, -0.05) is 19.3 Å². The molecule has 0 radical (unpaired) electrons. The molecule has 0 spiro atoms. The molecule has 0 aromatic rings. The fourth-order valence-electron chi connectivity index (χ4n) is 2.75. The number of hydrogen-bond acceptors (Lipinski definition) is 3. The second kappa shape index (κ2) is 8.54. The second-order valence-electron chi connectivity index (χ2n) is 5.94. The predicted molar refractivity (Wildman–Crippen MR) is 78.1 cm³/mol. The van der Waals surface area contributed by atoms with Crippen molar-refractivity contribution in [3.8, 4) is 0 Å². The van der Waals surface area contributed by atoms with Gasteiger partial charge in [0.2, 0.25) is 5.91 Å². The Labute approximate surface area is 117 Å². The monoisotopic (exact) mass is 270 g/mol. The third kappa shape index (κ3) is 5.49. The number of carbonyl (C=O) groups excluding carboxylic acids is 1. The highest BCUT2D eigenvalue weighted by Crippen LogP contribution is 2.21. The number of rotatable bonds is 7. The minimum Gasteiger partial charge on any atom is -0.396 e. The van der Waals surface area contributed by atoms with Crippen LogP contribution >= 0.6 is 0 Å². The van der Waals surface area contributed by atoms with E-state index in [-0.39, 0.29) is 12.5 Å². The lowest BCUT2D eigenvalue weighted by Crippen LogP contribution is -2.46. The summed E-state index contributed by atoms with van der Waals surface area (Å²) in [5.41, 5.74) is 0. The van der Waals surface area contributed by atoms with E-state index < -0.39 is 0 Å². The van der Waals surface area contributed by atoms with E-state index in [9.17, 15) is 4.79 Å². The van der Waals surface area contributed by atoms with Gasteiger partial charge >= 0.3 is 0 Å². The van der Waals surface area contributed by atoms with Crippen LogP contribution in [0.4, 0.5) is 0 Å². The Morgan fingerprint density at radius 1 is 1.26 bits per heavy atom. The number of likely N-dealkylation sites (N-methyl/N-ethyl adjacent to an activating group) is 1. The van der Waals surface area contributed by atoms with Crippen molar-refractivity contribution in [1.82, 2.24) is 9.80 Å². The van der Waals surface area contributed by atoms with Gasteiger partial charge in [0.1, 0.15) is 0 Å². The minimum atomic E-state index is 0.190. The van der Waals surface area contributed by atoms with Crippen LogP contribution in [0.5, 0.6) is 0 Å². The van der Waals surface area contributed by atoms with E-state index >= 15 is 0 Å². The van der Waals surface area contributed by atoms with E-state index in [1.165, 1.54) is 19.3 Å². The van der Waals surface area contributed by atoms with E-state index in [0.29, 0.717) is 18.6 Å². The van der Waals surface area contributed by atoms with E-state index in [4.69, 9.17) is 5.11 Å². The van der Waals surface area contributed by atoms with Gasteiger partial charge in [-0.25, -0.2) is 0 Å². The molecule has 1 aliphatic rings. The normalized spacial score (nSPS) is 17.2. The van der Waals surface area contributed by atoms with Gasteiger partial charge in [-0.05, 0) is 33.1 Å². The quantitative estimate of drug-likeness (QED) is 0.768. The Morgan fingerprint density at radius 3 is 2.42 bits per heavy atom. The van der Waals surface area contributed by atoms with Crippen LogP contribution in [0.1, 0.15) is 52.4 Å². The van der Waals surface area contributed by atoms with E-state index in [1.807, 2.05) is 11.9 Å². The van der Waals surface area contributed by atoms with Crippen molar-refractivity contribution < 1.29 is 9.90 Å². The molecule has 19 heavy (non-hydrogen) atoms. The standard InChI is InChI=1S/C15H30N2O2/c1-13(2)17(10-7-11-18)12-15(19)16(3)14-8-5-4-6-9-14/h13-14,18H,4-12H2,1-3H3. The third-order valence-corrected chi connectivity index (χ3v) is 4.19. The van der Waals surface area contributed by atoms with Gasteiger partial charge in [-0.2, -0.15) is 0 Å². The maximum absolute atomic E-state index is 12.3. The van der Waals surface area contributed by atoms with E-state index in [1.54, 1.807) is 0 Å². The van der Waals surface area contributed by atoms with Crippen molar-refractivity contribution in [1.29, 1.82) is 0 Å². The van der Waals surface area contributed by atoms with Gasteiger partial charge in [0.25, 0.3) is 0 Å². The van der Waals surface area contributed by atoms with Crippen LogP contribution in [0.3, 0.4) is 0 Å². The molecular weight excluding hydrogens is 240 g/mol. The molecule has 0 aromatic carbocycles. The summed E-state index contributed by atoms with van der Waals surface area (Å²) in [6, 6.07) is 0.781. The molecule has 0 bridgehead atoms. The lowest BCUT2D eigenvalue weighted by atomic mass is 9.94. The molecular formula is C15H30N2O2. The molecule has 0 aliphatic heterocycles. The highest BCUT2D eigenvalue weighted by atomic mass is 16.3. The first-order valence-electron chi connectivity index (χ1n) is 7.66. The summed E-state index contributed by atoms with van der Waals surface area (Å²) in [7, 11) is 1.95. The van der Waals surface area contributed by atoms with Gasteiger partial charge < -0.3 is 10.0 Å². The number of hydrogen-bond donors (Lipinski definition) is 1. The van der Waals surface area contributed by atoms with Crippen molar-refractivity contribution in [2.75, 3.05) is 26.7 Å². The lowest BCUT2D eigenvalue weighted by Gasteiger charge is -2.34. The minimum absolute atomic E-state index is 0.190. The molecule has 4 heteroatoms. The molecule has 1 amide bonds. The SMILES string of the molecule is CC(C)N(CCCO)CC(=O)N(C)C1CCCCC1. The van der Waals surface area contributed by atoms with Gasteiger partial charge in [0.15, 0.2) is 0 Å². The Hall–Kier alpha value is -0.610. The summed E-state index contributed by atoms with van der Waals surface area (Å²) in [4.78, 5) is 16.4. The predicted octanol–water partition coefficient (Wildman–Crippen LogP) is 1.87. The Kier molecular flexibility index (Phi) is 7.39. The number of aliphatic hydroxyl groups excluding tert-OH is 1. The molecule has 1 N–H and O–H groups in total. The average molecular weight is 270 g/mol. The Morgan fingerprint density at radius 2 is 1.89 bits per heavy atom. The van der Waals surface area contributed by atoms with Gasteiger partial charge in [0, 0.05) is 32.3 Å². The van der Waals surface area contributed by atoms with E-state index in [2.05, 4.69) is 18.7 Å². The van der Waals surface area contributed by atoms with Crippen LogP contribution in [0.15, 0.2) is 0 Å². The van der Waals surface area contributed by atoms with Gasteiger partial charge in [-0.3, -0.25) is 9.69 Å². The summed E-state index contributed by atoms with van der Waals surface area (Å²) >= 11 is 0. The van der Waals surface area contributed by atoms with Crippen LogP contribution in [0, 0.1) is 0 Å². The topological polar surface area (TPSA) is 43.8 Å². The molecule has 0 heterocycles. The largest absolute Gasteiger partial charge is 0.396 e. The van der Waals surface area contributed by atoms with E-state index in [0.717, 1.165) is 25.8 Å². The Bertz CT molecular complexity index is 263. The molecule has 112 valence electrons. The molecule has 1 fully saturated rings. The van der Waals surface area contributed by atoms with Crippen LogP contribution in [-0.2, 0) is 4.79 Å². The highest BCUT2D eigenvalue weighted by molar-refractivity contribution is 5.78. The zero-order valence-electron chi connectivity index (χ0n) is 12.8. The molecule has 0 aromatic heterocycles. The number of nitrogens with zero attached hydrogens (tertiary/aromatic N) is 2. The summed E-state index contributed by atoms with van der Waals surface area (Å²) in [6.07, 6.45) is 6.86. The number of amides is 1. The molecule has 1 aliphatic carbocycles. The van der Waals surface area contributed by atoms with Crippen LogP contribution in [-0.4, -0.2) is 59.6 Å². The summed E-state index contributed by atoms with van der Waals surface area (Å²) in [5, 5.41) is 8.92. The van der Waals surface area contributed by atoms with Crippen LogP contribution in [0.25, 0.3) is 0 Å². The van der Waals surface area contributed by atoms with Crippen LogP contribution < -0.4 is 0 Å². The second-order valence-corrected chi connectivity index (χ2v) is 5.94. The summed E-state index contributed by atoms with van der Waals surface area (Å²) < 4.78 is 0. The Balaban J connectivity index is 2.45. The van der Waals surface area contributed by atoms with Crippen molar-refractivity contribution in [2.45, 2.75) is 64.5 Å². The molecule has 1 saturated carbocycles. The summed E-state index contributed by atoms with van der Waals surface area (Å²) in [5.74, 6) is 0.221. The molecule has 4 nitrogen and oxygen atoms in total. The first-order chi connectivity index (χ1) is 9.06. The molecule has 0 unspecified atom stereocenters. The lowest BCUT2D eigenvalue weighted by molar-refractivity contribution is -0.134. The number of carbonyl (C=O) groups is 1. The van der Waals surface area contributed by atoms with Crippen molar-refractivity contribution >= 4 is 5.91 Å². The van der Waals surface area contributed by atoms with Gasteiger partial charge in [0.05, 0.1) is 6.54 Å². The molecule has 0 atom stereocenters. The van der Waals surface area contributed by atoms with Crippen molar-refractivity contribution in [2.24, 2.45) is 0 Å². The van der Waals surface area contributed by atoms with Crippen molar-refractivity contribution in [3.05, 3.63) is 0 Å². The number of aliphatic hydroxyl groups is 1.